The van der Waals surface area contributed by atoms with Gasteiger partial charge in [0.1, 0.15) is 12.5 Å². The summed E-state index contributed by atoms with van der Waals surface area (Å²) in [5.41, 5.74) is 1.49. The molecule has 0 fully saturated rings. The van der Waals surface area contributed by atoms with Gasteiger partial charge in [0.05, 0.1) is 21.2 Å². The lowest BCUT2D eigenvalue weighted by Gasteiger charge is -2.09. The predicted molar refractivity (Wildman–Crippen MR) is 97.4 cm³/mol. The molecule has 0 aliphatic carbocycles. The average molecular weight is 447 g/mol. The Kier molecular flexibility index (Phi) is 4.58. The van der Waals surface area contributed by atoms with Crippen LogP contribution in [0.2, 0.25) is 5.28 Å². The Morgan fingerprint density at radius 1 is 1.43 bits per heavy atom. The zero-order valence-electron chi connectivity index (χ0n) is 12.1. The van der Waals surface area contributed by atoms with Crippen LogP contribution < -0.4 is 5.32 Å². The van der Waals surface area contributed by atoms with Gasteiger partial charge in [-0.2, -0.15) is 4.98 Å². The molecule has 1 aromatic carbocycles. The smallest absolute Gasteiger partial charge is 0.224 e. The lowest BCUT2D eigenvalue weighted by atomic mass is 10.1. The molecule has 2 heterocycles. The fourth-order valence-electron chi connectivity index (χ4n) is 2.56. The maximum absolute atomic E-state index is 12.7. The van der Waals surface area contributed by atoms with Crippen molar-refractivity contribution in [1.82, 2.24) is 14.5 Å². The van der Waals surface area contributed by atoms with E-state index in [0.717, 1.165) is 14.7 Å². The maximum atomic E-state index is 12.7. The maximum Gasteiger partial charge on any atom is 0.224 e. The molecule has 0 aliphatic heterocycles. The third kappa shape index (κ3) is 2.94. The first-order valence-corrected chi connectivity index (χ1v) is 8.30. The van der Waals surface area contributed by atoms with Crippen molar-refractivity contribution < 1.29 is 9.50 Å². The van der Waals surface area contributed by atoms with Gasteiger partial charge in [-0.15, -0.1) is 0 Å². The average Bonchev–Trinajstić information content (AvgIpc) is 2.77. The number of aromatic nitrogens is 3. The van der Waals surface area contributed by atoms with E-state index >= 15 is 0 Å². The highest BCUT2D eigenvalue weighted by Gasteiger charge is 2.17. The van der Waals surface area contributed by atoms with Crippen LogP contribution in [0.25, 0.3) is 10.8 Å². The Labute approximate surface area is 150 Å². The first-order valence-electron chi connectivity index (χ1n) is 6.84. The summed E-state index contributed by atoms with van der Waals surface area (Å²) < 4.78 is 15.1. The van der Waals surface area contributed by atoms with E-state index in [4.69, 9.17) is 11.6 Å². The lowest BCUT2D eigenvalue weighted by molar-refractivity contribution is 0.383. The molecule has 0 saturated carbocycles. The van der Waals surface area contributed by atoms with Crippen molar-refractivity contribution >= 4 is 56.5 Å². The van der Waals surface area contributed by atoms with Crippen LogP contribution in [-0.4, -0.2) is 26.3 Å². The molecule has 0 bridgehead atoms. The molecule has 0 radical (unpaired) electrons. The third-order valence-electron chi connectivity index (χ3n) is 3.61. The second-order valence-electron chi connectivity index (χ2n) is 4.94. The topological polar surface area (TPSA) is 63.0 Å². The number of hydrogen-bond acceptors (Lipinski definition) is 4. The molecule has 0 saturated heterocycles. The largest absolute Gasteiger partial charge is 0.494 e. The minimum atomic E-state index is -0.544. The van der Waals surface area contributed by atoms with Gasteiger partial charge < -0.3 is 15.0 Å². The number of nitrogens with zero attached hydrogens (tertiary/aromatic N) is 3. The zero-order valence-corrected chi connectivity index (χ0v) is 15.1. The van der Waals surface area contributed by atoms with Crippen molar-refractivity contribution in [1.29, 1.82) is 0 Å². The van der Waals surface area contributed by atoms with Gasteiger partial charge in [0.2, 0.25) is 11.2 Å². The van der Waals surface area contributed by atoms with Crippen LogP contribution >= 0.6 is 34.2 Å². The second-order valence-corrected chi connectivity index (χ2v) is 6.44. The molecule has 2 N–H and O–H groups in total. The molecule has 8 heteroatoms. The summed E-state index contributed by atoms with van der Waals surface area (Å²) in [6, 6.07) is 5.59. The Hall–Kier alpha value is -1.61. The normalized spacial score (nSPS) is 11.1. The van der Waals surface area contributed by atoms with Crippen molar-refractivity contribution in [3.63, 3.8) is 0 Å². The monoisotopic (exact) mass is 446 g/mol. The highest BCUT2D eigenvalue weighted by molar-refractivity contribution is 14.1. The van der Waals surface area contributed by atoms with Gasteiger partial charge in [0, 0.05) is 17.3 Å². The third-order valence-corrected chi connectivity index (χ3v) is 4.59. The number of hydrogen-bond donors (Lipinski definition) is 2. The number of aromatic hydroxyl groups is 1. The number of rotatable bonds is 4. The van der Waals surface area contributed by atoms with Gasteiger partial charge in [0.25, 0.3) is 0 Å². The molecule has 0 aliphatic rings. The number of aryl methyl sites for hydroxylation is 1. The van der Waals surface area contributed by atoms with Crippen molar-refractivity contribution in [2.24, 2.45) is 0 Å². The molecule has 3 aromatic rings. The molecule has 5 nitrogen and oxygen atoms in total. The molecule has 0 amide bonds. The Morgan fingerprint density at radius 2 is 2.22 bits per heavy atom. The van der Waals surface area contributed by atoms with Crippen molar-refractivity contribution in [3.8, 4) is 5.88 Å². The van der Waals surface area contributed by atoms with Gasteiger partial charge in [-0.1, -0.05) is 12.1 Å². The Morgan fingerprint density at radius 3 is 2.96 bits per heavy atom. The fraction of sp³-hybridized carbons (Fsp3) is 0.200. The fourth-order valence-corrected chi connectivity index (χ4v) is 3.09. The molecule has 0 spiro atoms. The standard InChI is InChI=1S/C15H13ClFIN4O/c1-8-9-3-2-4-11(12(9)14(23)22(8)6-5-17)20-13-10(18)7-19-15(16)21-13/h2-4,7,23H,5-6H2,1H3,(H,19,20,21). The van der Waals surface area contributed by atoms with Crippen LogP contribution in [-0.2, 0) is 6.54 Å². The van der Waals surface area contributed by atoms with Crippen LogP contribution in [0.3, 0.4) is 0 Å². The van der Waals surface area contributed by atoms with E-state index in [9.17, 15) is 9.50 Å². The van der Waals surface area contributed by atoms with Gasteiger partial charge >= 0.3 is 0 Å². The minimum absolute atomic E-state index is 0.0356. The Balaban J connectivity index is 2.15. The van der Waals surface area contributed by atoms with Crippen LogP contribution in [0.4, 0.5) is 15.9 Å². The van der Waals surface area contributed by atoms with Crippen molar-refractivity contribution in [2.45, 2.75) is 13.5 Å². The number of nitrogens with one attached hydrogen (secondary N) is 1. The predicted octanol–water partition coefficient (Wildman–Crippen LogP) is 4.42. The molecular formula is C15H13ClFIN4O. The Bertz CT molecular complexity index is 884. The van der Waals surface area contributed by atoms with E-state index in [1.54, 1.807) is 10.8 Å². The van der Waals surface area contributed by atoms with E-state index in [1.807, 2.05) is 25.1 Å². The first-order chi connectivity index (χ1) is 11.0. The van der Waals surface area contributed by atoms with Gasteiger partial charge in [-0.25, -0.2) is 9.37 Å². The summed E-state index contributed by atoms with van der Waals surface area (Å²) in [5.74, 6) is 0.585. The molecular weight excluding hydrogens is 434 g/mol. The summed E-state index contributed by atoms with van der Waals surface area (Å²) in [6.07, 6.45) is 1.61. The summed E-state index contributed by atoms with van der Waals surface area (Å²) >= 11 is 7.94. The van der Waals surface area contributed by atoms with E-state index < -0.39 is 6.67 Å². The van der Waals surface area contributed by atoms with E-state index in [1.165, 1.54) is 0 Å². The van der Waals surface area contributed by atoms with E-state index in [-0.39, 0.29) is 17.7 Å². The van der Waals surface area contributed by atoms with Gasteiger partial charge in [0.15, 0.2) is 0 Å². The van der Waals surface area contributed by atoms with Crippen LogP contribution in [0.1, 0.15) is 5.69 Å². The van der Waals surface area contributed by atoms with Crippen molar-refractivity contribution in [3.05, 3.63) is 38.9 Å². The van der Waals surface area contributed by atoms with Crippen molar-refractivity contribution in [2.75, 3.05) is 12.0 Å². The number of alkyl halides is 1. The van der Waals surface area contributed by atoms with E-state index in [0.29, 0.717) is 16.9 Å². The summed E-state index contributed by atoms with van der Waals surface area (Å²) in [6.45, 7) is 1.42. The van der Waals surface area contributed by atoms with Gasteiger partial charge in [-0.05, 0) is 47.2 Å². The van der Waals surface area contributed by atoms with Crippen LogP contribution in [0.5, 0.6) is 5.88 Å². The molecule has 23 heavy (non-hydrogen) atoms. The second kappa shape index (κ2) is 6.48. The molecule has 0 atom stereocenters. The lowest BCUT2D eigenvalue weighted by Crippen LogP contribution is -2.00. The first kappa shape index (κ1) is 16.3. The summed E-state index contributed by atoms with van der Waals surface area (Å²) in [4.78, 5) is 8.07. The SMILES string of the molecule is Cc1c2cccc(Nc3nc(Cl)ncc3I)c2c(O)n1CCF. The summed E-state index contributed by atoms with van der Waals surface area (Å²) in [5, 5.41) is 15.3. The highest BCUT2D eigenvalue weighted by Crippen LogP contribution is 2.38. The molecule has 120 valence electrons. The van der Waals surface area contributed by atoms with Gasteiger partial charge in [-0.3, -0.25) is 0 Å². The number of benzene rings is 1. The van der Waals surface area contributed by atoms with Crippen LogP contribution in [0, 0.1) is 10.5 Å². The number of halogens is 3. The molecule has 0 unspecified atom stereocenters. The summed E-state index contributed by atoms with van der Waals surface area (Å²) in [7, 11) is 0. The van der Waals surface area contributed by atoms with Crippen LogP contribution in [0.15, 0.2) is 24.4 Å². The zero-order chi connectivity index (χ0) is 16.6. The minimum Gasteiger partial charge on any atom is -0.494 e. The molecule has 3 rings (SSSR count). The number of fused-ring (bicyclic) bond motifs is 1. The number of anilines is 2. The molecule has 2 aromatic heterocycles. The van der Waals surface area contributed by atoms with E-state index in [2.05, 4.69) is 37.9 Å². The highest BCUT2D eigenvalue weighted by atomic mass is 127. The quantitative estimate of drug-likeness (QED) is 0.460.